The molecular weight excluding hydrogens is 298 g/mol. The summed E-state index contributed by atoms with van der Waals surface area (Å²) in [6.07, 6.45) is 1.88. The average Bonchev–Trinajstić information content (AvgIpc) is 2.95. The van der Waals surface area contributed by atoms with Gasteiger partial charge in [0.2, 0.25) is 0 Å². The number of aromatic nitrogens is 3. The third kappa shape index (κ3) is 2.83. The summed E-state index contributed by atoms with van der Waals surface area (Å²) in [5, 5.41) is 9.02. The summed E-state index contributed by atoms with van der Waals surface area (Å²) >= 11 is 6.29. The van der Waals surface area contributed by atoms with Gasteiger partial charge in [0, 0.05) is 5.56 Å². The van der Waals surface area contributed by atoms with Crippen LogP contribution < -0.4 is 4.74 Å². The van der Waals surface area contributed by atoms with E-state index < -0.39 is 0 Å². The Labute approximate surface area is 134 Å². The number of ether oxygens (including phenoxy) is 1. The van der Waals surface area contributed by atoms with E-state index in [2.05, 4.69) is 42.4 Å². The summed E-state index contributed by atoms with van der Waals surface area (Å²) in [7, 11) is 1.61. The predicted octanol–water partition coefficient (Wildman–Crippen LogP) is 4.21. The first-order chi connectivity index (χ1) is 10.6. The van der Waals surface area contributed by atoms with Crippen molar-refractivity contribution in [3.05, 3.63) is 58.7 Å². The number of benzene rings is 2. The van der Waals surface area contributed by atoms with E-state index in [4.69, 9.17) is 16.3 Å². The molecule has 0 N–H and O–H groups in total. The molecule has 22 heavy (non-hydrogen) atoms. The van der Waals surface area contributed by atoms with Crippen molar-refractivity contribution >= 4 is 11.6 Å². The minimum absolute atomic E-state index is 0.590. The van der Waals surface area contributed by atoms with Gasteiger partial charge < -0.3 is 4.74 Å². The van der Waals surface area contributed by atoms with Gasteiger partial charge >= 0.3 is 0 Å². The lowest BCUT2D eigenvalue weighted by molar-refractivity contribution is 0.415. The molecule has 0 unspecified atom stereocenters. The highest BCUT2D eigenvalue weighted by molar-refractivity contribution is 6.33. The van der Waals surface area contributed by atoms with Crippen LogP contribution in [0.4, 0.5) is 0 Å². The van der Waals surface area contributed by atoms with Gasteiger partial charge in [0.25, 0.3) is 0 Å². The Balaban J connectivity index is 2.00. The van der Waals surface area contributed by atoms with E-state index in [9.17, 15) is 0 Å². The number of nitrogens with zero attached hydrogens (tertiary/aromatic N) is 3. The molecule has 2 aromatic carbocycles. The van der Waals surface area contributed by atoms with Crippen LogP contribution >= 0.6 is 11.6 Å². The standard InChI is InChI=1S/C17H16ClN3O/c1-11-6-12(2)8-13(7-11)21-10-17(19-20-21)15-5-4-14(22-3)9-16(15)18/h4-10H,1-3H3. The van der Waals surface area contributed by atoms with Crippen LogP contribution in [0.25, 0.3) is 16.9 Å². The lowest BCUT2D eigenvalue weighted by atomic mass is 10.1. The van der Waals surface area contributed by atoms with Crippen LogP contribution in [0.5, 0.6) is 5.75 Å². The van der Waals surface area contributed by atoms with Crippen molar-refractivity contribution in [2.45, 2.75) is 13.8 Å². The number of hydrogen-bond donors (Lipinski definition) is 0. The van der Waals surface area contributed by atoms with Crippen LogP contribution in [-0.4, -0.2) is 22.1 Å². The lowest BCUT2D eigenvalue weighted by Gasteiger charge is -2.04. The monoisotopic (exact) mass is 313 g/mol. The van der Waals surface area contributed by atoms with Crippen molar-refractivity contribution in [1.29, 1.82) is 0 Å². The molecule has 0 bridgehead atoms. The van der Waals surface area contributed by atoms with Gasteiger partial charge in [-0.15, -0.1) is 5.10 Å². The van der Waals surface area contributed by atoms with Crippen molar-refractivity contribution in [3.63, 3.8) is 0 Å². The molecule has 1 aromatic heterocycles. The number of methoxy groups -OCH3 is 1. The predicted molar refractivity (Wildman–Crippen MR) is 87.8 cm³/mol. The fourth-order valence-corrected chi connectivity index (χ4v) is 2.69. The summed E-state index contributed by atoms with van der Waals surface area (Å²) in [5.74, 6) is 0.718. The molecule has 0 saturated heterocycles. The molecule has 0 amide bonds. The molecule has 0 aliphatic rings. The average molecular weight is 314 g/mol. The molecule has 0 spiro atoms. The smallest absolute Gasteiger partial charge is 0.120 e. The second-order valence-corrected chi connectivity index (χ2v) is 5.65. The zero-order valence-electron chi connectivity index (χ0n) is 12.7. The fourth-order valence-electron chi connectivity index (χ4n) is 2.43. The highest BCUT2D eigenvalue weighted by atomic mass is 35.5. The number of hydrogen-bond acceptors (Lipinski definition) is 3. The van der Waals surface area contributed by atoms with Gasteiger partial charge in [-0.05, 0) is 55.3 Å². The Bertz CT molecular complexity index is 806. The van der Waals surface area contributed by atoms with Gasteiger partial charge in [0.15, 0.2) is 0 Å². The summed E-state index contributed by atoms with van der Waals surface area (Å²) in [5.41, 5.74) is 4.93. The Morgan fingerprint density at radius 1 is 1.05 bits per heavy atom. The van der Waals surface area contributed by atoms with Crippen molar-refractivity contribution in [1.82, 2.24) is 15.0 Å². The van der Waals surface area contributed by atoms with E-state index in [1.807, 2.05) is 18.3 Å². The van der Waals surface area contributed by atoms with E-state index in [0.29, 0.717) is 5.02 Å². The second-order valence-electron chi connectivity index (χ2n) is 5.24. The van der Waals surface area contributed by atoms with Gasteiger partial charge in [-0.1, -0.05) is 22.9 Å². The number of aryl methyl sites for hydroxylation is 2. The van der Waals surface area contributed by atoms with E-state index >= 15 is 0 Å². The Morgan fingerprint density at radius 3 is 2.41 bits per heavy atom. The molecule has 112 valence electrons. The number of rotatable bonds is 3. The van der Waals surface area contributed by atoms with Gasteiger partial charge in [-0.2, -0.15) is 0 Å². The Hall–Kier alpha value is -2.33. The first-order valence-corrected chi connectivity index (χ1v) is 7.29. The molecule has 0 radical (unpaired) electrons. The fraction of sp³-hybridized carbons (Fsp3) is 0.176. The molecule has 0 atom stereocenters. The molecule has 1 heterocycles. The van der Waals surface area contributed by atoms with Crippen LogP contribution in [0.1, 0.15) is 11.1 Å². The van der Waals surface area contributed by atoms with Crippen molar-refractivity contribution in [2.75, 3.05) is 7.11 Å². The van der Waals surface area contributed by atoms with E-state index in [1.54, 1.807) is 17.9 Å². The van der Waals surface area contributed by atoms with Gasteiger partial charge in [-0.3, -0.25) is 0 Å². The lowest BCUT2D eigenvalue weighted by Crippen LogP contribution is -1.96. The summed E-state index contributed by atoms with van der Waals surface area (Å²) in [6.45, 7) is 4.13. The van der Waals surface area contributed by atoms with E-state index in [-0.39, 0.29) is 0 Å². The minimum Gasteiger partial charge on any atom is -0.497 e. The maximum Gasteiger partial charge on any atom is 0.120 e. The van der Waals surface area contributed by atoms with E-state index in [0.717, 1.165) is 22.7 Å². The normalized spacial score (nSPS) is 10.7. The molecule has 3 aromatic rings. The molecule has 3 rings (SSSR count). The Kier molecular flexibility index (Phi) is 3.86. The topological polar surface area (TPSA) is 39.9 Å². The molecular formula is C17H16ClN3O. The Morgan fingerprint density at radius 2 is 1.77 bits per heavy atom. The zero-order valence-corrected chi connectivity index (χ0v) is 13.4. The molecule has 4 nitrogen and oxygen atoms in total. The molecule has 0 aliphatic carbocycles. The first kappa shape index (κ1) is 14.6. The van der Waals surface area contributed by atoms with Crippen LogP contribution in [0, 0.1) is 13.8 Å². The third-order valence-corrected chi connectivity index (χ3v) is 3.73. The quantitative estimate of drug-likeness (QED) is 0.727. The SMILES string of the molecule is COc1ccc(-c2cn(-c3cc(C)cc(C)c3)nn2)c(Cl)c1. The highest BCUT2D eigenvalue weighted by Gasteiger charge is 2.10. The summed E-state index contributed by atoms with van der Waals surface area (Å²) in [4.78, 5) is 0. The largest absolute Gasteiger partial charge is 0.497 e. The van der Waals surface area contributed by atoms with Crippen LogP contribution in [0.2, 0.25) is 5.02 Å². The van der Waals surface area contributed by atoms with E-state index in [1.165, 1.54) is 11.1 Å². The summed E-state index contributed by atoms with van der Waals surface area (Å²) < 4.78 is 6.92. The maximum absolute atomic E-state index is 6.29. The summed E-state index contributed by atoms with van der Waals surface area (Å²) in [6, 6.07) is 11.8. The third-order valence-electron chi connectivity index (χ3n) is 3.42. The molecule has 5 heteroatoms. The molecule has 0 fully saturated rings. The van der Waals surface area contributed by atoms with Crippen LogP contribution in [0.3, 0.4) is 0 Å². The van der Waals surface area contributed by atoms with Crippen LogP contribution in [-0.2, 0) is 0 Å². The highest BCUT2D eigenvalue weighted by Crippen LogP contribution is 2.30. The van der Waals surface area contributed by atoms with Crippen LogP contribution in [0.15, 0.2) is 42.6 Å². The van der Waals surface area contributed by atoms with Crippen molar-refractivity contribution in [3.8, 4) is 22.7 Å². The van der Waals surface area contributed by atoms with Crippen molar-refractivity contribution in [2.24, 2.45) is 0 Å². The zero-order chi connectivity index (χ0) is 15.7. The minimum atomic E-state index is 0.590. The molecule has 0 saturated carbocycles. The first-order valence-electron chi connectivity index (χ1n) is 6.92. The van der Waals surface area contributed by atoms with Gasteiger partial charge in [0.1, 0.15) is 11.4 Å². The van der Waals surface area contributed by atoms with Crippen molar-refractivity contribution < 1.29 is 4.74 Å². The van der Waals surface area contributed by atoms with Gasteiger partial charge in [0.05, 0.1) is 24.0 Å². The van der Waals surface area contributed by atoms with Gasteiger partial charge in [-0.25, -0.2) is 4.68 Å². The second kappa shape index (κ2) is 5.81. The maximum atomic E-state index is 6.29. The molecule has 0 aliphatic heterocycles. The number of halogens is 1.